The molecule has 0 aliphatic carbocycles. The summed E-state index contributed by atoms with van der Waals surface area (Å²) in [5.41, 5.74) is 0. The Morgan fingerprint density at radius 3 is 3.00 bits per heavy atom. The molecule has 0 spiro atoms. The smallest absolute Gasteiger partial charge is 0.0585 e. The molecule has 0 radical (unpaired) electrons. The third kappa shape index (κ3) is 1.86. The number of halogens is 1. The van der Waals surface area contributed by atoms with Crippen LogP contribution in [0, 0.1) is 0 Å². The van der Waals surface area contributed by atoms with E-state index in [2.05, 4.69) is 19.1 Å². The van der Waals surface area contributed by atoms with Crippen molar-refractivity contribution in [2.75, 3.05) is 0 Å². The van der Waals surface area contributed by atoms with Crippen molar-refractivity contribution in [3.05, 3.63) is 27.4 Å². The molecule has 1 aromatic heterocycles. The second kappa shape index (κ2) is 3.79. The summed E-state index contributed by atoms with van der Waals surface area (Å²) >= 11 is 7.51. The van der Waals surface area contributed by atoms with Crippen LogP contribution in [0.15, 0.2) is 17.5 Å². The molecule has 1 heterocycles. The van der Waals surface area contributed by atoms with E-state index >= 15 is 0 Å². The van der Waals surface area contributed by atoms with Crippen LogP contribution in [-0.2, 0) is 0 Å². The molecule has 1 rings (SSSR count). The van der Waals surface area contributed by atoms with E-state index in [1.807, 2.05) is 11.4 Å². The topological polar surface area (TPSA) is 0 Å². The van der Waals surface area contributed by atoms with Gasteiger partial charge in [0.1, 0.15) is 0 Å². The van der Waals surface area contributed by atoms with Gasteiger partial charge in [0.05, 0.1) is 5.02 Å². The van der Waals surface area contributed by atoms with Crippen molar-refractivity contribution in [3.63, 3.8) is 0 Å². The van der Waals surface area contributed by atoms with Crippen LogP contribution in [0.25, 0.3) is 6.08 Å². The van der Waals surface area contributed by atoms with Crippen LogP contribution < -0.4 is 0 Å². The molecule has 0 fully saturated rings. The van der Waals surface area contributed by atoms with E-state index in [0.717, 1.165) is 16.3 Å². The second-order valence-electron chi connectivity index (χ2n) is 1.94. The van der Waals surface area contributed by atoms with Crippen LogP contribution in [-0.4, -0.2) is 0 Å². The van der Waals surface area contributed by atoms with Crippen molar-refractivity contribution in [2.45, 2.75) is 13.3 Å². The summed E-state index contributed by atoms with van der Waals surface area (Å²) in [6.45, 7) is 2.11. The van der Waals surface area contributed by atoms with E-state index in [1.165, 1.54) is 0 Å². The van der Waals surface area contributed by atoms with Gasteiger partial charge in [0.25, 0.3) is 0 Å². The fourth-order valence-corrected chi connectivity index (χ4v) is 1.69. The van der Waals surface area contributed by atoms with Gasteiger partial charge in [0.15, 0.2) is 0 Å². The molecule has 10 heavy (non-hydrogen) atoms. The average Bonchev–Trinajstić information content (AvgIpc) is 2.31. The molecule has 0 aliphatic heterocycles. The molecule has 0 atom stereocenters. The van der Waals surface area contributed by atoms with Gasteiger partial charge in [-0.1, -0.05) is 24.6 Å². The summed E-state index contributed by atoms with van der Waals surface area (Å²) in [5, 5.41) is 2.85. The Labute approximate surface area is 70.1 Å². The molecule has 0 saturated heterocycles. The molecular formula is C8H9ClS. The molecule has 0 saturated carbocycles. The third-order valence-corrected chi connectivity index (χ3v) is 2.47. The monoisotopic (exact) mass is 172 g/mol. The zero-order valence-electron chi connectivity index (χ0n) is 5.80. The van der Waals surface area contributed by atoms with Crippen molar-refractivity contribution < 1.29 is 0 Å². The normalized spacial score (nSPS) is 11.0. The molecule has 0 aliphatic rings. The molecular weight excluding hydrogens is 164 g/mol. The number of thiophene rings is 1. The zero-order valence-corrected chi connectivity index (χ0v) is 7.38. The van der Waals surface area contributed by atoms with Crippen LogP contribution in [0.5, 0.6) is 0 Å². The van der Waals surface area contributed by atoms with Gasteiger partial charge in [0, 0.05) is 4.88 Å². The van der Waals surface area contributed by atoms with Crippen LogP contribution in [0.2, 0.25) is 5.02 Å². The van der Waals surface area contributed by atoms with E-state index in [4.69, 9.17) is 11.6 Å². The van der Waals surface area contributed by atoms with Gasteiger partial charge in [-0.25, -0.2) is 0 Å². The Hall–Kier alpha value is -0.270. The Morgan fingerprint density at radius 1 is 1.70 bits per heavy atom. The fourth-order valence-electron chi connectivity index (χ4n) is 0.649. The van der Waals surface area contributed by atoms with Crippen molar-refractivity contribution in [1.29, 1.82) is 0 Å². The lowest BCUT2D eigenvalue weighted by molar-refractivity contribution is 1.23. The van der Waals surface area contributed by atoms with Gasteiger partial charge in [-0.15, -0.1) is 11.3 Å². The van der Waals surface area contributed by atoms with E-state index in [0.29, 0.717) is 0 Å². The highest BCUT2D eigenvalue weighted by Crippen LogP contribution is 2.23. The minimum atomic E-state index is 0.856. The Balaban J connectivity index is 2.74. The van der Waals surface area contributed by atoms with Crippen molar-refractivity contribution >= 4 is 29.0 Å². The fraction of sp³-hybridized carbons (Fsp3) is 0.250. The molecule has 1 aromatic rings. The lowest BCUT2D eigenvalue weighted by Gasteiger charge is -1.84. The molecule has 0 bridgehead atoms. The summed E-state index contributed by atoms with van der Waals surface area (Å²) < 4.78 is 0. The van der Waals surface area contributed by atoms with Gasteiger partial charge in [0.2, 0.25) is 0 Å². The van der Waals surface area contributed by atoms with Crippen LogP contribution in [0.3, 0.4) is 0 Å². The molecule has 2 heteroatoms. The number of hydrogen-bond donors (Lipinski definition) is 0. The van der Waals surface area contributed by atoms with Gasteiger partial charge in [-0.2, -0.15) is 0 Å². The van der Waals surface area contributed by atoms with Crippen LogP contribution in [0.1, 0.15) is 18.2 Å². The second-order valence-corrected chi connectivity index (χ2v) is 3.30. The first-order chi connectivity index (χ1) is 4.84. The zero-order chi connectivity index (χ0) is 7.40. The maximum absolute atomic E-state index is 5.83. The quantitative estimate of drug-likeness (QED) is 0.636. The lowest BCUT2D eigenvalue weighted by atomic mass is 10.3. The van der Waals surface area contributed by atoms with Gasteiger partial charge < -0.3 is 0 Å². The largest absolute Gasteiger partial charge is 0.143 e. The maximum Gasteiger partial charge on any atom is 0.0585 e. The van der Waals surface area contributed by atoms with E-state index in [9.17, 15) is 0 Å². The molecule has 0 nitrogen and oxygen atoms in total. The molecule has 0 unspecified atom stereocenters. The summed E-state index contributed by atoms with van der Waals surface area (Å²) in [4.78, 5) is 1.16. The number of allylic oxidation sites excluding steroid dienone is 1. The molecule has 0 N–H and O–H groups in total. The standard InChI is InChI=1S/C8H9ClS/c1-2-3-4-8-7(9)5-6-10-8/h3-6H,2H2,1H3/b4-3+. The minimum Gasteiger partial charge on any atom is -0.143 e. The summed E-state index contributed by atoms with van der Waals surface area (Å²) in [5.74, 6) is 0. The Morgan fingerprint density at radius 2 is 2.50 bits per heavy atom. The molecule has 54 valence electrons. The molecule has 0 aromatic carbocycles. The van der Waals surface area contributed by atoms with Crippen LogP contribution in [0.4, 0.5) is 0 Å². The van der Waals surface area contributed by atoms with Crippen molar-refractivity contribution in [1.82, 2.24) is 0 Å². The van der Waals surface area contributed by atoms with E-state index < -0.39 is 0 Å². The first-order valence-electron chi connectivity index (χ1n) is 3.24. The van der Waals surface area contributed by atoms with Gasteiger partial charge in [-0.05, 0) is 23.9 Å². The SMILES string of the molecule is CC/C=C/c1sccc1Cl. The predicted octanol–water partition coefficient (Wildman–Crippen LogP) is 3.82. The Bertz CT molecular complexity index is 225. The highest BCUT2D eigenvalue weighted by atomic mass is 35.5. The number of hydrogen-bond acceptors (Lipinski definition) is 1. The average molecular weight is 173 g/mol. The lowest BCUT2D eigenvalue weighted by Crippen LogP contribution is -1.59. The molecule has 0 amide bonds. The van der Waals surface area contributed by atoms with E-state index in [-0.39, 0.29) is 0 Å². The predicted molar refractivity (Wildman–Crippen MR) is 48.7 cm³/mol. The summed E-state index contributed by atoms with van der Waals surface area (Å²) in [7, 11) is 0. The first-order valence-corrected chi connectivity index (χ1v) is 4.50. The summed E-state index contributed by atoms with van der Waals surface area (Å²) in [6.07, 6.45) is 5.24. The number of rotatable bonds is 2. The van der Waals surface area contributed by atoms with Gasteiger partial charge >= 0.3 is 0 Å². The first kappa shape index (κ1) is 7.83. The van der Waals surface area contributed by atoms with E-state index in [1.54, 1.807) is 11.3 Å². The maximum atomic E-state index is 5.83. The van der Waals surface area contributed by atoms with Crippen molar-refractivity contribution in [2.24, 2.45) is 0 Å². The minimum absolute atomic E-state index is 0.856. The van der Waals surface area contributed by atoms with Gasteiger partial charge in [-0.3, -0.25) is 0 Å². The van der Waals surface area contributed by atoms with Crippen molar-refractivity contribution in [3.8, 4) is 0 Å². The highest BCUT2D eigenvalue weighted by molar-refractivity contribution is 7.11. The highest BCUT2D eigenvalue weighted by Gasteiger charge is 1.94. The summed E-state index contributed by atoms with van der Waals surface area (Å²) in [6, 6.07) is 1.92. The Kier molecular flexibility index (Phi) is 2.97. The third-order valence-electron chi connectivity index (χ3n) is 1.15. The van der Waals surface area contributed by atoms with Crippen LogP contribution >= 0.6 is 22.9 Å².